The van der Waals surface area contributed by atoms with Gasteiger partial charge < -0.3 is 9.66 Å². The summed E-state index contributed by atoms with van der Waals surface area (Å²) in [5, 5.41) is 15.4. The number of nitrogens with zero attached hydrogens (tertiary/aromatic N) is 4. The quantitative estimate of drug-likeness (QED) is 0.446. The van der Waals surface area contributed by atoms with Crippen molar-refractivity contribution in [1.29, 1.82) is 0 Å². The average Bonchev–Trinajstić information content (AvgIpc) is 3.03. The monoisotopic (exact) mass is 440 g/mol. The molecule has 0 bridgehead atoms. The third kappa shape index (κ3) is 4.91. The Bertz CT molecular complexity index is 1110. The summed E-state index contributed by atoms with van der Waals surface area (Å²) in [6.45, 7) is 11.1. The molecule has 0 unspecified atom stereocenters. The Hall–Kier alpha value is -2.84. The van der Waals surface area contributed by atoms with Gasteiger partial charge in [-0.1, -0.05) is 28.7 Å². The Balaban J connectivity index is 2.19. The van der Waals surface area contributed by atoms with Crippen LogP contribution < -0.4 is 4.90 Å². The predicted molar refractivity (Wildman–Crippen MR) is 127 cm³/mol. The summed E-state index contributed by atoms with van der Waals surface area (Å²) in [5.41, 5.74) is 1.44. The summed E-state index contributed by atoms with van der Waals surface area (Å²) >= 11 is -1.37. The summed E-state index contributed by atoms with van der Waals surface area (Å²) in [6, 6.07) is 14.9. The third-order valence-corrected chi connectivity index (χ3v) is 5.91. The number of hydrogen-bond acceptors (Lipinski definition) is 4. The van der Waals surface area contributed by atoms with E-state index in [9.17, 15) is 14.5 Å². The molecule has 0 saturated heterocycles. The molecule has 1 atom stereocenters. The molecule has 1 heterocycles. The first kappa shape index (κ1) is 22.8. The molecule has 0 aliphatic carbocycles. The number of benzene rings is 2. The van der Waals surface area contributed by atoms with Crippen LogP contribution in [-0.4, -0.2) is 42.0 Å². The van der Waals surface area contributed by atoms with E-state index in [0.717, 1.165) is 11.3 Å². The summed E-state index contributed by atoms with van der Waals surface area (Å²) in [7, 11) is 0. The van der Waals surface area contributed by atoms with Crippen molar-refractivity contribution in [2.75, 3.05) is 4.90 Å². The second-order valence-electron chi connectivity index (χ2n) is 9.23. The molecule has 164 valence electrons. The Kier molecular flexibility index (Phi) is 6.16. The first-order valence-corrected chi connectivity index (χ1v) is 11.1. The van der Waals surface area contributed by atoms with Crippen molar-refractivity contribution in [1.82, 2.24) is 9.78 Å². The van der Waals surface area contributed by atoms with Crippen molar-refractivity contribution >= 4 is 40.4 Å². The minimum atomic E-state index is -1.37. The molecule has 3 rings (SSSR count). The van der Waals surface area contributed by atoms with E-state index in [1.165, 1.54) is 4.90 Å². The lowest BCUT2D eigenvalue weighted by molar-refractivity contribution is 0.195. The van der Waals surface area contributed by atoms with Gasteiger partial charge in [-0.25, -0.2) is 9.48 Å². The van der Waals surface area contributed by atoms with E-state index in [1.807, 2.05) is 90.1 Å². The lowest BCUT2D eigenvalue weighted by Crippen LogP contribution is -2.46. The number of carboxylic acid groups (broad SMARTS) is 1. The van der Waals surface area contributed by atoms with Crippen LogP contribution >= 0.6 is 0 Å². The summed E-state index contributed by atoms with van der Waals surface area (Å²) < 4.78 is 17.6. The highest BCUT2D eigenvalue weighted by molar-refractivity contribution is 7.91. The Morgan fingerprint density at radius 1 is 1.13 bits per heavy atom. The van der Waals surface area contributed by atoms with Gasteiger partial charge in [-0.05, 0) is 71.4 Å². The van der Waals surface area contributed by atoms with Crippen LogP contribution in [0.2, 0.25) is 0 Å². The number of anilines is 1. The van der Waals surface area contributed by atoms with E-state index >= 15 is 0 Å². The minimum absolute atomic E-state index is 0.447. The molecule has 31 heavy (non-hydrogen) atoms. The maximum absolute atomic E-state index is 12.2. The lowest BCUT2D eigenvalue weighted by Gasteiger charge is -2.33. The zero-order chi connectivity index (χ0) is 23.0. The van der Waals surface area contributed by atoms with Gasteiger partial charge in [0.1, 0.15) is 21.9 Å². The first-order chi connectivity index (χ1) is 14.4. The number of fused-ring (bicyclic) bond motifs is 1. The van der Waals surface area contributed by atoms with Crippen LogP contribution in [-0.2, 0) is 11.4 Å². The number of carbonyl (C=O) groups is 1. The molecule has 1 aromatic heterocycles. The van der Waals surface area contributed by atoms with Crippen molar-refractivity contribution in [3.8, 4) is 5.69 Å². The Morgan fingerprint density at radius 2 is 1.77 bits per heavy atom. The van der Waals surface area contributed by atoms with E-state index in [-0.39, 0.29) is 0 Å². The van der Waals surface area contributed by atoms with Gasteiger partial charge >= 0.3 is 6.09 Å². The first-order valence-electron chi connectivity index (χ1n) is 9.97. The molecular formula is C23H28N4O3S. The van der Waals surface area contributed by atoms with Crippen LogP contribution in [0, 0.1) is 0 Å². The molecule has 2 aromatic carbocycles. The highest BCUT2D eigenvalue weighted by Crippen LogP contribution is 2.34. The van der Waals surface area contributed by atoms with E-state index in [2.05, 4.69) is 4.40 Å². The number of para-hydroxylation sites is 1. The molecule has 0 spiro atoms. The van der Waals surface area contributed by atoms with Gasteiger partial charge in [-0.2, -0.15) is 5.10 Å². The van der Waals surface area contributed by atoms with Crippen molar-refractivity contribution in [3.63, 3.8) is 0 Å². The fourth-order valence-corrected chi connectivity index (χ4v) is 3.63. The molecule has 0 saturated carbocycles. The average molecular weight is 441 g/mol. The number of rotatable bonds is 4. The van der Waals surface area contributed by atoms with Crippen molar-refractivity contribution in [3.05, 3.63) is 54.1 Å². The van der Waals surface area contributed by atoms with Crippen LogP contribution in [0.25, 0.3) is 16.6 Å². The van der Waals surface area contributed by atoms with Gasteiger partial charge in [0.2, 0.25) is 0 Å². The number of amides is 1. The smallest absolute Gasteiger partial charge is 0.413 e. The standard InChI is InChI=1S/C23H28N4O3S/c1-22(2,3)26(21(28)29)20-18-13-12-16(15-24-31(30)23(4,5)6)14-19(18)25-27(20)17-10-8-7-9-11-17/h7-15H,1-6H3,(H,28,29)/b24-15+/t31-/m1/s1. The molecule has 0 aliphatic rings. The molecule has 0 fully saturated rings. The van der Waals surface area contributed by atoms with Crippen LogP contribution in [0.4, 0.5) is 10.6 Å². The van der Waals surface area contributed by atoms with E-state index < -0.39 is 27.7 Å². The van der Waals surface area contributed by atoms with Gasteiger partial charge in [0.15, 0.2) is 0 Å². The van der Waals surface area contributed by atoms with Crippen LogP contribution in [0.5, 0.6) is 0 Å². The van der Waals surface area contributed by atoms with E-state index in [0.29, 0.717) is 16.7 Å². The zero-order valence-electron chi connectivity index (χ0n) is 18.7. The van der Waals surface area contributed by atoms with Crippen LogP contribution in [0.3, 0.4) is 0 Å². The van der Waals surface area contributed by atoms with Crippen molar-refractivity contribution in [2.45, 2.75) is 51.8 Å². The number of aromatic nitrogens is 2. The Morgan fingerprint density at radius 3 is 2.32 bits per heavy atom. The minimum Gasteiger partial charge on any atom is -0.591 e. The second-order valence-corrected chi connectivity index (χ2v) is 11.2. The molecule has 1 amide bonds. The van der Waals surface area contributed by atoms with Crippen molar-refractivity contribution < 1.29 is 14.5 Å². The molecule has 8 heteroatoms. The highest BCUT2D eigenvalue weighted by atomic mass is 32.2. The zero-order valence-corrected chi connectivity index (χ0v) is 19.5. The van der Waals surface area contributed by atoms with Crippen LogP contribution in [0.15, 0.2) is 52.9 Å². The largest absolute Gasteiger partial charge is 0.591 e. The molecule has 0 aliphatic heterocycles. The number of hydrogen-bond donors (Lipinski definition) is 1. The fourth-order valence-electron chi connectivity index (χ4n) is 3.10. The normalized spacial score (nSPS) is 13.6. The van der Waals surface area contributed by atoms with E-state index in [4.69, 9.17) is 5.10 Å². The van der Waals surface area contributed by atoms with Gasteiger partial charge in [0.25, 0.3) is 0 Å². The molecule has 0 radical (unpaired) electrons. The Labute approximate surface area is 185 Å². The lowest BCUT2D eigenvalue weighted by atomic mass is 10.1. The maximum Gasteiger partial charge on any atom is 0.413 e. The molecule has 1 N–H and O–H groups in total. The molecule has 3 aromatic rings. The van der Waals surface area contributed by atoms with Gasteiger partial charge in [0, 0.05) is 10.9 Å². The van der Waals surface area contributed by atoms with E-state index in [1.54, 1.807) is 10.9 Å². The summed E-state index contributed by atoms with van der Waals surface area (Å²) in [4.78, 5) is 13.6. The van der Waals surface area contributed by atoms with Crippen molar-refractivity contribution in [2.24, 2.45) is 4.40 Å². The predicted octanol–water partition coefficient (Wildman–Crippen LogP) is 5.19. The maximum atomic E-state index is 12.2. The van der Waals surface area contributed by atoms with Gasteiger partial charge in [-0.15, -0.1) is 0 Å². The molecular weight excluding hydrogens is 412 g/mol. The van der Waals surface area contributed by atoms with Gasteiger partial charge in [0.05, 0.1) is 17.4 Å². The molecule has 7 nitrogen and oxygen atoms in total. The third-order valence-electron chi connectivity index (χ3n) is 4.57. The fraction of sp³-hybridized carbons (Fsp3) is 0.348. The van der Waals surface area contributed by atoms with Crippen LogP contribution in [0.1, 0.15) is 47.1 Å². The highest BCUT2D eigenvalue weighted by Gasteiger charge is 2.33. The summed E-state index contributed by atoms with van der Waals surface area (Å²) in [6.07, 6.45) is 0.512. The SMILES string of the molecule is CC(C)(C)N(C(=O)O)c1c2ccc(/C=N/[S@+]([O-])C(C)(C)C)cc2nn1-c1ccccc1. The van der Waals surface area contributed by atoms with Gasteiger partial charge in [-0.3, -0.25) is 4.90 Å². The summed E-state index contributed by atoms with van der Waals surface area (Å²) in [5.74, 6) is 0.475. The second kappa shape index (κ2) is 8.36. The topological polar surface area (TPSA) is 93.8 Å².